The maximum Gasteiger partial charge on any atom is 0.407 e. The Balaban J connectivity index is 0.000000861. The van der Waals surface area contributed by atoms with Crippen LogP contribution in [0.4, 0.5) is 4.79 Å². The molecule has 33 heavy (non-hydrogen) atoms. The van der Waals surface area contributed by atoms with Gasteiger partial charge in [0.05, 0.1) is 5.92 Å². The Kier molecular flexibility index (Phi) is 15.6. The van der Waals surface area contributed by atoms with Gasteiger partial charge in [0, 0.05) is 78.5 Å². The molecule has 0 saturated carbocycles. The molecule has 15 heteroatoms. The number of carbonyl (C=O) groups is 2. The van der Waals surface area contributed by atoms with Crippen LogP contribution in [0.3, 0.4) is 0 Å². The number of carbonyl (C=O) groups excluding carboxylic acids is 2. The standard InChI is InChI=1S/C18H27NO4.B10/c1-14(16(20)23-18(2,3)4)9-8-12-19-17(21)22-13-15-10-6-5-7-11-15;1-7(2)10(8(3)4)9(5)6/h5-7,10-11,14H,8-9,12-13H2,1-4H3,(H,19,21);/t14-;/m0./s1. The van der Waals surface area contributed by atoms with E-state index in [1.165, 1.54) is 0 Å². The zero-order chi connectivity index (χ0) is 25.6. The van der Waals surface area contributed by atoms with Gasteiger partial charge in [-0.2, -0.15) is 0 Å². The maximum atomic E-state index is 11.8. The van der Waals surface area contributed by atoms with E-state index in [1.807, 2.05) is 58.0 Å². The highest BCUT2D eigenvalue weighted by Gasteiger charge is 2.24. The summed E-state index contributed by atoms with van der Waals surface area (Å²) < 4.78 is 10.4. The average Bonchev–Trinajstić information content (AvgIpc) is 2.68. The average molecular weight is 430 g/mol. The van der Waals surface area contributed by atoms with Crippen molar-refractivity contribution in [3.8, 4) is 0 Å². The van der Waals surface area contributed by atoms with E-state index in [4.69, 9.17) is 55.9 Å². The summed E-state index contributed by atoms with van der Waals surface area (Å²) >= 11 is 0. The van der Waals surface area contributed by atoms with Crippen molar-refractivity contribution in [1.82, 2.24) is 5.32 Å². The molecule has 1 rings (SSSR count). The summed E-state index contributed by atoms with van der Waals surface area (Å²) in [4.78, 5) is 23.4. The molecule has 0 aliphatic heterocycles. The highest BCUT2D eigenvalue weighted by molar-refractivity contribution is 8.00. The lowest BCUT2D eigenvalue weighted by molar-refractivity contribution is -0.159. The number of rotatable bonds is 10. The first-order valence-electron chi connectivity index (χ1n) is 11.0. The minimum Gasteiger partial charge on any atom is -0.460 e. The molecule has 0 bridgehead atoms. The summed E-state index contributed by atoms with van der Waals surface area (Å²) in [6.45, 7) is 8.11. The van der Waals surface area contributed by atoms with Crippen molar-refractivity contribution >= 4 is 84.0 Å². The molecule has 5 nitrogen and oxygen atoms in total. The molecule has 0 unspecified atom stereocenters. The molecule has 1 atom stereocenters. The van der Waals surface area contributed by atoms with Gasteiger partial charge < -0.3 is 14.8 Å². The van der Waals surface area contributed by atoms with Crippen LogP contribution in [0.2, 0.25) is 0 Å². The first-order valence-corrected chi connectivity index (χ1v) is 11.0. The van der Waals surface area contributed by atoms with Crippen LogP contribution in [-0.2, 0) is 20.9 Å². The number of alkyl carbamates (subject to hydrolysis) is 1. The van der Waals surface area contributed by atoms with Crippen molar-refractivity contribution in [2.75, 3.05) is 6.54 Å². The first-order chi connectivity index (χ1) is 15.2. The van der Waals surface area contributed by atoms with Crippen molar-refractivity contribution in [2.45, 2.75) is 52.7 Å². The molecular formula is C18H27B10NO4. The van der Waals surface area contributed by atoms with Crippen LogP contribution in [-0.4, -0.2) is 96.2 Å². The Morgan fingerprint density at radius 2 is 1.48 bits per heavy atom. The van der Waals surface area contributed by atoms with E-state index in [9.17, 15) is 9.59 Å². The molecule has 1 aromatic carbocycles. The second kappa shape index (κ2) is 16.3. The topological polar surface area (TPSA) is 64.6 Å². The van der Waals surface area contributed by atoms with Crippen LogP contribution in [0.25, 0.3) is 0 Å². The van der Waals surface area contributed by atoms with Gasteiger partial charge >= 0.3 is 12.1 Å². The smallest absolute Gasteiger partial charge is 0.407 e. The van der Waals surface area contributed by atoms with Crippen LogP contribution >= 0.6 is 0 Å². The fraction of sp³-hybridized carbons (Fsp3) is 0.556. The van der Waals surface area contributed by atoms with Crippen LogP contribution in [0.15, 0.2) is 30.3 Å². The zero-order valence-electron chi connectivity index (χ0n) is 20.2. The second-order valence-corrected chi connectivity index (χ2v) is 8.87. The summed E-state index contributed by atoms with van der Waals surface area (Å²) in [5, 5.41) is 2.68. The summed E-state index contributed by atoms with van der Waals surface area (Å²) in [6.07, 6.45) is -1.53. The van der Waals surface area contributed by atoms with Gasteiger partial charge in [0.2, 0.25) is 0 Å². The van der Waals surface area contributed by atoms with E-state index in [0.29, 0.717) is 19.4 Å². The summed E-state index contributed by atoms with van der Waals surface area (Å²) in [6, 6.07) is 9.50. The van der Waals surface area contributed by atoms with Gasteiger partial charge in [-0.15, -0.1) is 0 Å². The van der Waals surface area contributed by atoms with Crippen LogP contribution in [0.5, 0.6) is 0 Å². The maximum absolute atomic E-state index is 11.8. The molecule has 1 aromatic rings. The van der Waals surface area contributed by atoms with Crippen LogP contribution in [0, 0.1) is 5.92 Å². The molecule has 0 aliphatic rings. The quantitative estimate of drug-likeness (QED) is 0.320. The lowest BCUT2D eigenvalue weighted by Crippen LogP contribution is -2.62. The predicted molar refractivity (Wildman–Crippen MR) is 146 cm³/mol. The Morgan fingerprint density at radius 3 is 1.91 bits per heavy atom. The summed E-state index contributed by atoms with van der Waals surface area (Å²) in [5.74, 6) is -0.388. The minimum atomic E-state index is -0.667. The van der Waals surface area contributed by atoms with E-state index in [2.05, 4.69) is 5.32 Å². The Morgan fingerprint density at radius 1 is 0.970 bits per heavy atom. The Bertz CT molecular complexity index is 670. The molecule has 0 heterocycles. The lowest BCUT2D eigenvalue weighted by Gasteiger charge is -2.23. The summed E-state index contributed by atoms with van der Waals surface area (Å²) in [7, 11) is 31.8. The third-order valence-electron chi connectivity index (χ3n) is 4.44. The Labute approximate surface area is 209 Å². The minimum absolute atomic E-state index is 0.184. The monoisotopic (exact) mass is 431 g/mol. The number of hydrogen-bond acceptors (Lipinski definition) is 4. The second-order valence-electron chi connectivity index (χ2n) is 8.87. The van der Waals surface area contributed by atoms with Crippen molar-refractivity contribution in [1.29, 1.82) is 0 Å². The molecule has 1 N–H and O–H groups in total. The van der Waals surface area contributed by atoms with E-state index in [0.717, 1.165) is 5.56 Å². The number of benzene rings is 1. The number of amides is 1. The molecule has 0 spiro atoms. The molecule has 0 fully saturated rings. The third-order valence-corrected chi connectivity index (χ3v) is 4.44. The third kappa shape index (κ3) is 16.0. The van der Waals surface area contributed by atoms with Gasteiger partial charge in [-0.3, -0.25) is 4.79 Å². The highest BCUT2D eigenvalue weighted by Crippen LogP contribution is 2.14. The summed E-state index contributed by atoms with van der Waals surface area (Å²) in [5.41, 5.74) is 0.478. The normalized spacial score (nSPS) is 11.2. The molecule has 0 saturated heterocycles. The molecule has 158 valence electrons. The van der Waals surface area contributed by atoms with Gasteiger partial charge in [-0.1, -0.05) is 37.3 Å². The van der Waals surface area contributed by atoms with Gasteiger partial charge in [0.25, 0.3) is 0 Å². The van der Waals surface area contributed by atoms with Gasteiger partial charge in [0.1, 0.15) is 12.2 Å². The largest absolute Gasteiger partial charge is 0.460 e. The molecule has 0 aromatic heterocycles. The van der Waals surface area contributed by atoms with Crippen molar-refractivity contribution in [2.24, 2.45) is 5.92 Å². The van der Waals surface area contributed by atoms with Crippen LogP contribution < -0.4 is 5.32 Å². The molecule has 1 amide bonds. The number of nitrogens with one attached hydrogen (secondary N) is 1. The number of hydrogen-bond donors (Lipinski definition) is 1. The molecule has 0 aliphatic carbocycles. The van der Waals surface area contributed by atoms with Crippen molar-refractivity contribution in [3.63, 3.8) is 0 Å². The van der Waals surface area contributed by atoms with E-state index < -0.39 is 37.2 Å². The molecule has 12 radical (unpaired) electrons. The van der Waals surface area contributed by atoms with Crippen LogP contribution in [0.1, 0.15) is 46.1 Å². The molecular weight excluding hydrogens is 402 g/mol. The Hall–Kier alpha value is -1.39. The van der Waals surface area contributed by atoms with E-state index >= 15 is 0 Å². The van der Waals surface area contributed by atoms with Gasteiger partial charge in [-0.05, 0) is 39.2 Å². The van der Waals surface area contributed by atoms with Crippen molar-refractivity contribution < 1.29 is 19.1 Å². The zero-order valence-corrected chi connectivity index (χ0v) is 20.2. The first kappa shape index (κ1) is 31.6. The van der Waals surface area contributed by atoms with E-state index in [1.54, 1.807) is 0 Å². The fourth-order valence-electron chi connectivity index (χ4n) is 2.66. The van der Waals surface area contributed by atoms with E-state index in [-0.39, 0.29) is 18.5 Å². The predicted octanol–water partition coefficient (Wildman–Crippen LogP) is -0.137. The van der Waals surface area contributed by atoms with Crippen molar-refractivity contribution in [3.05, 3.63) is 35.9 Å². The lowest BCUT2D eigenvalue weighted by atomic mass is 8.58. The highest BCUT2D eigenvalue weighted by atomic mass is 16.6. The fourth-order valence-corrected chi connectivity index (χ4v) is 2.66. The number of esters is 1. The SMILES string of the molecule is C[C@@H](CCCNC(=O)OCc1ccccc1)C(=O)OC(C)(C)C.[B]B([B])B(B([B])[B])B([B])[B]. The van der Waals surface area contributed by atoms with Gasteiger partial charge in [-0.25, -0.2) is 4.79 Å². The number of ether oxygens (including phenoxy) is 2. The van der Waals surface area contributed by atoms with Gasteiger partial charge in [0.15, 0.2) is 0 Å².